The minimum absolute atomic E-state index is 0.0718. The van der Waals surface area contributed by atoms with Crippen LogP contribution in [0.25, 0.3) is 0 Å². The number of rotatable bonds is 6. The highest BCUT2D eigenvalue weighted by molar-refractivity contribution is 5.76. The van der Waals surface area contributed by atoms with E-state index in [0.717, 1.165) is 11.4 Å². The molecule has 2 aromatic rings. The number of hydrogen-bond donors (Lipinski definition) is 0. The molecule has 1 saturated heterocycles. The molecule has 1 amide bonds. The molecule has 0 spiro atoms. The molecule has 0 saturated carbocycles. The Kier molecular flexibility index (Phi) is 6.13. The van der Waals surface area contributed by atoms with E-state index in [9.17, 15) is 14.9 Å². The van der Waals surface area contributed by atoms with Gasteiger partial charge in [0.15, 0.2) is 0 Å². The van der Waals surface area contributed by atoms with Gasteiger partial charge in [0, 0.05) is 44.0 Å². The standard InChI is InChI=1S/C21H25N3O4/c1-16-6-7-20(14-17(16)2)28-13-8-21(25)23-11-9-22(10-12-23)18-4-3-5-19(15-18)24(26)27/h3-7,14-15H,8-13H2,1-2H3. The van der Waals surface area contributed by atoms with E-state index in [4.69, 9.17) is 4.74 Å². The quantitative estimate of drug-likeness (QED) is 0.565. The summed E-state index contributed by atoms with van der Waals surface area (Å²) in [5.41, 5.74) is 3.28. The van der Waals surface area contributed by atoms with Gasteiger partial charge in [0.25, 0.3) is 5.69 Å². The Morgan fingerprint density at radius 3 is 2.50 bits per heavy atom. The second kappa shape index (κ2) is 8.73. The number of nitro benzene ring substituents is 1. The highest BCUT2D eigenvalue weighted by Crippen LogP contribution is 2.22. The molecule has 1 fully saturated rings. The Labute approximate surface area is 164 Å². The molecule has 1 heterocycles. The van der Waals surface area contributed by atoms with E-state index >= 15 is 0 Å². The number of amides is 1. The number of benzene rings is 2. The Balaban J connectivity index is 1.46. The first-order valence-corrected chi connectivity index (χ1v) is 9.41. The molecule has 148 valence electrons. The molecule has 0 bridgehead atoms. The van der Waals surface area contributed by atoms with Gasteiger partial charge in [-0.3, -0.25) is 14.9 Å². The van der Waals surface area contributed by atoms with Crippen molar-refractivity contribution >= 4 is 17.3 Å². The molecule has 0 unspecified atom stereocenters. The predicted octanol–water partition coefficient (Wildman–Crippen LogP) is 3.33. The molecule has 0 aromatic heterocycles. The van der Waals surface area contributed by atoms with Crippen LogP contribution in [0.15, 0.2) is 42.5 Å². The molecule has 2 aromatic carbocycles. The van der Waals surface area contributed by atoms with Crippen molar-refractivity contribution < 1.29 is 14.5 Å². The van der Waals surface area contributed by atoms with Gasteiger partial charge in [-0.15, -0.1) is 0 Å². The summed E-state index contributed by atoms with van der Waals surface area (Å²) >= 11 is 0. The molecular formula is C21H25N3O4. The van der Waals surface area contributed by atoms with Crippen LogP contribution in [0.4, 0.5) is 11.4 Å². The third-order valence-electron chi connectivity index (χ3n) is 5.10. The number of carbonyl (C=O) groups excluding carboxylic acids is 1. The maximum atomic E-state index is 12.4. The van der Waals surface area contributed by atoms with Crippen LogP contribution >= 0.6 is 0 Å². The van der Waals surface area contributed by atoms with E-state index in [1.165, 1.54) is 17.2 Å². The van der Waals surface area contributed by atoms with E-state index < -0.39 is 4.92 Å². The largest absolute Gasteiger partial charge is 0.493 e. The molecule has 7 heteroatoms. The van der Waals surface area contributed by atoms with Gasteiger partial charge in [0.2, 0.25) is 5.91 Å². The number of hydrogen-bond acceptors (Lipinski definition) is 5. The number of carbonyl (C=O) groups is 1. The maximum Gasteiger partial charge on any atom is 0.271 e. The smallest absolute Gasteiger partial charge is 0.271 e. The average Bonchev–Trinajstić information content (AvgIpc) is 2.71. The summed E-state index contributed by atoms with van der Waals surface area (Å²) in [6.07, 6.45) is 0.337. The van der Waals surface area contributed by atoms with Crippen molar-refractivity contribution in [3.05, 3.63) is 63.7 Å². The van der Waals surface area contributed by atoms with Gasteiger partial charge in [-0.25, -0.2) is 0 Å². The van der Waals surface area contributed by atoms with Crippen LogP contribution in [0.5, 0.6) is 5.75 Å². The molecule has 0 N–H and O–H groups in total. The fourth-order valence-electron chi connectivity index (χ4n) is 3.24. The third kappa shape index (κ3) is 4.79. The molecule has 0 aliphatic carbocycles. The monoisotopic (exact) mass is 383 g/mol. The molecule has 1 aliphatic heterocycles. The summed E-state index contributed by atoms with van der Waals surface area (Å²) in [5, 5.41) is 10.9. The van der Waals surface area contributed by atoms with Crippen LogP contribution in [0, 0.1) is 24.0 Å². The van der Waals surface area contributed by atoms with E-state index in [0.29, 0.717) is 39.2 Å². The van der Waals surface area contributed by atoms with E-state index in [1.54, 1.807) is 12.1 Å². The van der Waals surface area contributed by atoms with Gasteiger partial charge < -0.3 is 14.5 Å². The van der Waals surface area contributed by atoms with Crippen LogP contribution < -0.4 is 9.64 Å². The van der Waals surface area contributed by atoms with Gasteiger partial charge in [-0.05, 0) is 43.2 Å². The van der Waals surface area contributed by atoms with Crippen molar-refractivity contribution in [2.75, 3.05) is 37.7 Å². The molecule has 28 heavy (non-hydrogen) atoms. The van der Waals surface area contributed by atoms with Gasteiger partial charge in [0.05, 0.1) is 18.0 Å². The number of non-ortho nitro benzene ring substituents is 1. The normalized spacial score (nSPS) is 14.1. The zero-order valence-electron chi connectivity index (χ0n) is 16.3. The third-order valence-corrected chi connectivity index (χ3v) is 5.10. The fraction of sp³-hybridized carbons (Fsp3) is 0.381. The Morgan fingerprint density at radius 2 is 1.82 bits per heavy atom. The topological polar surface area (TPSA) is 75.9 Å². The van der Waals surface area contributed by atoms with Crippen molar-refractivity contribution in [1.82, 2.24) is 4.90 Å². The summed E-state index contributed by atoms with van der Waals surface area (Å²) < 4.78 is 5.71. The summed E-state index contributed by atoms with van der Waals surface area (Å²) in [6, 6.07) is 12.5. The minimum atomic E-state index is -0.390. The lowest BCUT2D eigenvalue weighted by Gasteiger charge is -2.36. The second-order valence-electron chi connectivity index (χ2n) is 6.99. The number of nitro groups is 1. The Morgan fingerprint density at radius 1 is 1.07 bits per heavy atom. The SMILES string of the molecule is Cc1ccc(OCCC(=O)N2CCN(c3cccc([N+](=O)[O-])c3)CC2)cc1C. The molecule has 3 rings (SSSR count). The van der Waals surface area contributed by atoms with Gasteiger partial charge in [-0.1, -0.05) is 12.1 Å². The number of aryl methyl sites for hydroxylation is 2. The lowest BCUT2D eigenvalue weighted by Crippen LogP contribution is -2.49. The van der Waals surface area contributed by atoms with E-state index in [1.807, 2.05) is 36.1 Å². The zero-order chi connectivity index (χ0) is 20.1. The minimum Gasteiger partial charge on any atom is -0.493 e. The Bertz CT molecular complexity index is 860. The van der Waals surface area contributed by atoms with Crippen molar-refractivity contribution in [2.45, 2.75) is 20.3 Å². The maximum absolute atomic E-state index is 12.4. The van der Waals surface area contributed by atoms with Gasteiger partial charge in [0.1, 0.15) is 5.75 Å². The van der Waals surface area contributed by atoms with Crippen molar-refractivity contribution in [3.63, 3.8) is 0 Å². The number of anilines is 1. The zero-order valence-corrected chi connectivity index (χ0v) is 16.3. The first kappa shape index (κ1) is 19.7. The lowest BCUT2D eigenvalue weighted by atomic mass is 10.1. The Hall–Kier alpha value is -3.09. The molecule has 0 radical (unpaired) electrons. The molecular weight excluding hydrogens is 358 g/mol. The van der Waals surface area contributed by atoms with Crippen molar-refractivity contribution in [2.24, 2.45) is 0 Å². The highest BCUT2D eigenvalue weighted by Gasteiger charge is 2.22. The van der Waals surface area contributed by atoms with Crippen LogP contribution in [-0.4, -0.2) is 48.5 Å². The summed E-state index contributed by atoms with van der Waals surface area (Å²) in [6.45, 7) is 6.96. The first-order valence-electron chi connectivity index (χ1n) is 9.41. The lowest BCUT2D eigenvalue weighted by molar-refractivity contribution is -0.384. The van der Waals surface area contributed by atoms with Crippen molar-refractivity contribution in [3.8, 4) is 5.75 Å². The van der Waals surface area contributed by atoms with Gasteiger partial charge >= 0.3 is 0 Å². The number of piperazine rings is 1. The van der Waals surface area contributed by atoms with Crippen molar-refractivity contribution in [1.29, 1.82) is 0 Å². The first-order chi connectivity index (χ1) is 13.4. The summed E-state index contributed by atoms with van der Waals surface area (Å²) in [7, 11) is 0. The second-order valence-corrected chi connectivity index (χ2v) is 6.99. The number of ether oxygens (including phenoxy) is 1. The molecule has 0 atom stereocenters. The van der Waals surface area contributed by atoms with E-state index in [2.05, 4.69) is 11.8 Å². The van der Waals surface area contributed by atoms with Crippen LogP contribution in [-0.2, 0) is 4.79 Å². The highest BCUT2D eigenvalue weighted by atomic mass is 16.6. The molecule has 7 nitrogen and oxygen atoms in total. The average molecular weight is 383 g/mol. The van der Waals surface area contributed by atoms with Gasteiger partial charge in [-0.2, -0.15) is 0 Å². The van der Waals surface area contributed by atoms with Crippen LogP contribution in [0.2, 0.25) is 0 Å². The van der Waals surface area contributed by atoms with Crippen LogP contribution in [0.3, 0.4) is 0 Å². The predicted molar refractivity (Wildman–Crippen MR) is 108 cm³/mol. The fourth-order valence-corrected chi connectivity index (χ4v) is 3.24. The van der Waals surface area contributed by atoms with Crippen LogP contribution in [0.1, 0.15) is 17.5 Å². The summed E-state index contributed by atoms with van der Waals surface area (Å²) in [4.78, 5) is 26.9. The van der Waals surface area contributed by atoms with E-state index in [-0.39, 0.29) is 11.6 Å². The summed E-state index contributed by atoms with van der Waals surface area (Å²) in [5.74, 6) is 0.855. The number of nitrogens with zero attached hydrogens (tertiary/aromatic N) is 3. The molecule has 1 aliphatic rings.